The number of amides is 2. The molecule has 9 heteroatoms. The van der Waals surface area contributed by atoms with Crippen molar-refractivity contribution in [2.45, 2.75) is 13.8 Å². The first-order valence-electron chi connectivity index (χ1n) is 10.9. The number of fused-ring (bicyclic) bond motifs is 1. The van der Waals surface area contributed by atoms with E-state index in [1.807, 2.05) is 0 Å². The van der Waals surface area contributed by atoms with Crippen molar-refractivity contribution in [2.24, 2.45) is 0 Å². The number of hydrogen-bond acceptors (Lipinski definition) is 6. The van der Waals surface area contributed by atoms with Gasteiger partial charge >= 0.3 is 0 Å². The van der Waals surface area contributed by atoms with Crippen molar-refractivity contribution in [2.75, 3.05) is 50.8 Å². The topological polar surface area (TPSA) is 88.2 Å². The van der Waals surface area contributed by atoms with Crippen LogP contribution < -0.4 is 19.7 Å². The lowest BCUT2D eigenvalue weighted by molar-refractivity contribution is -0.125. The molecule has 0 aliphatic carbocycles. The molecule has 0 bridgehead atoms. The molecule has 0 spiro atoms. The molecule has 1 aliphatic heterocycles. The number of carbonyl (C=O) groups is 3. The number of likely N-dealkylation sites (N-methyl/N-ethyl adjacent to an activating group) is 1. The van der Waals surface area contributed by atoms with Crippen LogP contribution in [0.5, 0.6) is 11.5 Å². The number of nitrogens with zero attached hydrogens (tertiary/aromatic N) is 2. The number of hydrogen-bond donors (Lipinski definition) is 1. The molecule has 0 saturated carbocycles. The van der Waals surface area contributed by atoms with Gasteiger partial charge in [0, 0.05) is 18.7 Å². The van der Waals surface area contributed by atoms with Crippen LogP contribution in [0, 0.1) is 0 Å². The van der Waals surface area contributed by atoms with Crippen molar-refractivity contribution in [3.05, 3.63) is 53.1 Å². The highest BCUT2D eigenvalue weighted by molar-refractivity contribution is 6.32. The summed E-state index contributed by atoms with van der Waals surface area (Å²) in [7, 11) is 0. The number of Topliss-reactive ketones (excluding diaryl/α,β-unsaturated/α-hetero) is 1. The van der Waals surface area contributed by atoms with E-state index < -0.39 is 0 Å². The number of para-hydroxylation sites is 1. The second kappa shape index (κ2) is 11.7. The quantitative estimate of drug-likeness (QED) is 0.505. The first-order chi connectivity index (χ1) is 15.9. The van der Waals surface area contributed by atoms with E-state index in [-0.39, 0.29) is 37.4 Å². The molecule has 8 nitrogen and oxygen atoms in total. The maximum Gasteiger partial charge on any atom is 0.265 e. The zero-order valence-electron chi connectivity index (χ0n) is 18.8. The number of rotatable bonds is 11. The SMILES string of the molecule is CCN(CC)CCNC(=O)CN1C(=O)COc2ccc(C(=O)COc3ccccc3Cl)cc21. The summed E-state index contributed by atoms with van der Waals surface area (Å²) < 4.78 is 11.0. The fraction of sp³-hybridized carbons (Fsp3) is 0.375. The van der Waals surface area contributed by atoms with Gasteiger partial charge in [-0.15, -0.1) is 0 Å². The minimum absolute atomic E-state index is 0.152. The van der Waals surface area contributed by atoms with E-state index in [9.17, 15) is 14.4 Å². The van der Waals surface area contributed by atoms with Crippen molar-refractivity contribution in [1.82, 2.24) is 10.2 Å². The predicted octanol–water partition coefficient (Wildman–Crippen LogP) is 2.79. The highest BCUT2D eigenvalue weighted by Crippen LogP contribution is 2.33. The van der Waals surface area contributed by atoms with Crippen LogP contribution in [0.2, 0.25) is 5.02 Å². The van der Waals surface area contributed by atoms with Crippen molar-refractivity contribution in [1.29, 1.82) is 0 Å². The molecule has 0 radical (unpaired) electrons. The van der Waals surface area contributed by atoms with Gasteiger partial charge in [0.25, 0.3) is 5.91 Å². The minimum Gasteiger partial charge on any atom is -0.484 e. The number of anilines is 1. The van der Waals surface area contributed by atoms with Gasteiger partial charge in [0.05, 0.1) is 10.7 Å². The summed E-state index contributed by atoms with van der Waals surface area (Å²) in [6.45, 7) is 6.62. The Morgan fingerprint density at radius 3 is 2.67 bits per heavy atom. The van der Waals surface area contributed by atoms with Crippen molar-refractivity contribution >= 4 is 34.9 Å². The molecule has 2 aromatic carbocycles. The van der Waals surface area contributed by atoms with Gasteiger partial charge in [0.2, 0.25) is 5.91 Å². The van der Waals surface area contributed by atoms with E-state index in [4.69, 9.17) is 21.1 Å². The summed E-state index contributed by atoms with van der Waals surface area (Å²) in [5, 5.41) is 3.26. The molecule has 3 rings (SSSR count). The molecule has 1 heterocycles. The first kappa shape index (κ1) is 24.5. The van der Waals surface area contributed by atoms with Crippen molar-refractivity contribution in [3.8, 4) is 11.5 Å². The Bertz CT molecular complexity index is 1010. The molecule has 33 heavy (non-hydrogen) atoms. The molecular formula is C24H28ClN3O5. The molecule has 0 atom stereocenters. The van der Waals surface area contributed by atoms with Gasteiger partial charge in [-0.1, -0.05) is 37.6 Å². The normalized spacial score (nSPS) is 12.8. The third-order valence-corrected chi connectivity index (χ3v) is 5.68. The molecule has 0 saturated heterocycles. The van der Waals surface area contributed by atoms with Crippen molar-refractivity contribution < 1.29 is 23.9 Å². The second-order valence-corrected chi connectivity index (χ2v) is 7.88. The summed E-state index contributed by atoms with van der Waals surface area (Å²) >= 11 is 6.06. The zero-order valence-corrected chi connectivity index (χ0v) is 19.6. The molecule has 0 unspecified atom stereocenters. The third kappa shape index (κ3) is 6.46. The van der Waals surface area contributed by atoms with Gasteiger partial charge in [-0.3, -0.25) is 19.3 Å². The lowest BCUT2D eigenvalue weighted by atomic mass is 10.1. The van der Waals surface area contributed by atoms with Crippen LogP contribution in [-0.4, -0.2) is 68.4 Å². The Morgan fingerprint density at radius 1 is 1.18 bits per heavy atom. The molecule has 1 N–H and O–H groups in total. The molecule has 1 aliphatic rings. The smallest absolute Gasteiger partial charge is 0.265 e. The molecule has 2 amide bonds. The Kier molecular flexibility index (Phi) is 8.68. The van der Waals surface area contributed by atoms with Crippen LogP contribution in [0.1, 0.15) is 24.2 Å². The monoisotopic (exact) mass is 473 g/mol. The van der Waals surface area contributed by atoms with Gasteiger partial charge in [-0.05, 0) is 43.4 Å². The summed E-state index contributed by atoms with van der Waals surface area (Å²) in [4.78, 5) is 41.2. The first-order valence-corrected chi connectivity index (χ1v) is 11.3. The van der Waals surface area contributed by atoms with Crippen LogP contribution in [0.25, 0.3) is 0 Å². The van der Waals surface area contributed by atoms with Gasteiger partial charge in [-0.2, -0.15) is 0 Å². The largest absolute Gasteiger partial charge is 0.484 e. The second-order valence-electron chi connectivity index (χ2n) is 7.47. The average Bonchev–Trinajstić information content (AvgIpc) is 2.82. The lowest BCUT2D eigenvalue weighted by Crippen LogP contribution is -2.46. The highest BCUT2D eigenvalue weighted by Gasteiger charge is 2.28. The van der Waals surface area contributed by atoms with E-state index in [1.165, 1.54) is 4.90 Å². The van der Waals surface area contributed by atoms with E-state index in [1.54, 1.807) is 42.5 Å². The Labute approximate surface area is 198 Å². The minimum atomic E-state index is -0.349. The summed E-state index contributed by atoms with van der Waals surface area (Å²) in [5.41, 5.74) is 0.722. The zero-order chi connectivity index (χ0) is 23.8. The van der Waals surface area contributed by atoms with Crippen LogP contribution in [0.3, 0.4) is 0 Å². The van der Waals surface area contributed by atoms with E-state index in [0.717, 1.165) is 19.6 Å². The molecule has 176 valence electrons. The number of ether oxygens (including phenoxy) is 2. The number of carbonyl (C=O) groups excluding carboxylic acids is 3. The molecule has 0 aromatic heterocycles. The fourth-order valence-electron chi connectivity index (χ4n) is 3.43. The van der Waals surface area contributed by atoms with Crippen LogP contribution in [0.4, 0.5) is 5.69 Å². The maximum atomic E-state index is 12.7. The van der Waals surface area contributed by atoms with Gasteiger partial charge in [0.1, 0.15) is 18.0 Å². The average molecular weight is 474 g/mol. The van der Waals surface area contributed by atoms with Crippen LogP contribution >= 0.6 is 11.6 Å². The Hall–Kier alpha value is -3.10. The van der Waals surface area contributed by atoms with Crippen LogP contribution in [0.15, 0.2) is 42.5 Å². The maximum absolute atomic E-state index is 12.7. The summed E-state index contributed by atoms with van der Waals surface area (Å²) in [5.74, 6) is -0.0686. The van der Waals surface area contributed by atoms with Crippen molar-refractivity contribution in [3.63, 3.8) is 0 Å². The van der Waals surface area contributed by atoms with Gasteiger partial charge < -0.3 is 19.7 Å². The van der Waals surface area contributed by atoms with E-state index in [2.05, 4.69) is 24.1 Å². The standard InChI is InChI=1S/C24H28ClN3O5/c1-3-27(4-2)12-11-26-23(30)14-28-19-13-17(9-10-22(19)33-16-24(28)31)20(29)15-32-21-8-6-5-7-18(21)25/h5-10,13H,3-4,11-12,14-16H2,1-2H3,(H,26,30). The predicted molar refractivity (Wildman–Crippen MR) is 126 cm³/mol. The molecule has 2 aromatic rings. The summed E-state index contributed by atoms with van der Waals surface area (Å²) in [6, 6.07) is 11.7. The Balaban J connectivity index is 1.66. The molecular weight excluding hydrogens is 446 g/mol. The van der Waals surface area contributed by atoms with E-state index >= 15 is 0 Å². The Morgan fingerprint density at radius 2 is 1.94 bits per heavy atom. The number of nitrogens with one attached hydrogen (secondary N) is 1. The molecule has 0 fully saturated rings. The number of halogens is 1. The van der Waals surface area contributed by atoms with Gasteiger partial charge in [-0.25, -0.2) is 0 Å². The van der Waals surface area contributed by atoms with E-state index in [0.29, 0.717) is 34.3 Å². The number of ketones is 1. The lowest BCUT2D eigenvalue weighted by Gasteiger charge is -2.29. The third-order valence-electron chi connectivity index (χ3n) is 5.37. The number of benzene rings is 2. The summed E-state index contributed by atoms with van der Waals surface area (Å²) in [6.07, 6.45) is 0. The fourth-order valence-corrected chi connectivity index (χ4v) is 3.62. The van der Waals surface area contributed by atoms with Gasteiger partial charge in [0.15, 0.2) is 19.0 Å². The highest BCUT2D eigenvalue weighted by atomic mass is 35.5. The van der Waals surface area contributed by atoms with Crippen LogP contribution in [-0.2, 0) is 9.59 Å².